The van der Waals surface area contributed by atoms with Crippen LogP contribution in [0.15, 0.2) is 0 Å². The molecule has 0 bridgehead atoms. The van der Waals surface area contributed by atoms with Gasteiger partial charge in [-0.15, -0.1) is 0 Å². The van der Waals surface area contributed by atoms with Gasteiger partial charge in [0.05, 0.1) is 5.69 Å². The molecule has 0 aliphatic rings. The van der Waals surface area contributed by atoms with Crippen LogP contribution in [0, 0.1) is 6.92 Å². The Morgan fingerprint density at radius 3 is 2.56 bits per heavy atom. The first-order valence-electron chi connectivity index (χ1n) is 6.38. The molecule has 0 spiro atoms. The lowest BCUT2D eigenvalue weighted by Crippen LogP contribution is -2.33. The molecule has 0 fully saturated rings. The normalized spacial score (nSPS) is 14.6. The first-order valence-corrected chi connectivity index (χ1v) is 7.77. The van der Waals surface area contributed by atoms with E-state index in [2.05, 4.69) is 37.1 Å². The second kappa shape index (κ2) is 6.48. The molecule has 0 aromatic carbocycles. The fourth-order valence-corrected chi connectivity index (χ4v) is 2.96. The van der Waals surface area contributed by atoms with E-state index in [1.54, 1.807) is 0 Å². The maximum absolute atomic E-state index is 5.95. The second-order valence-electron chi connectivity index (χ2n) is 5.11. The number of hydrogen-bond acceptors (Lipinski definition) is 4. The zero-order valence-corrected chi connectivity index (χ0v) is 13.2. The molecule has 1 heterocycles. The van der Waals surface area contributed by atoms with Gasteiger partial charge >= 0.3 is 0 Å². The third kappa shape index (κ3) is 3.42. The molecule has 5 heteroatoms. The summed E-state index contributed by atoms with van der Waals surface area (Å²) < 4.78 is 1.98. The number of nitrogens with two attached hydrogens (primary N) is 1. The molecule has 0 aliphatic heterocycles. The predicted octanol–water partition coefficient (Wildman–Crippen LogP) is 1.81. The smallest absolute Gasteiger partial charge is 0.130 e. The van der Waals surface area contributed by atoms with Crippen LogP contribution in [0.5, 0.6) is 0 Å². The van der Waals surface area contributed by atoms with Gasteiger partial charge in [0, 0.05) is 37.5 Å². The third-order valence-corrected chi connectivity index (χ3v) is 4.06. The number of anilines is 1. The molecule has 4 nitrogen and oxygen atoms in total. The van der Waals surface area contributed by atoms with Crippen molar-refractivity contribution < 1.29 is 0 Å². The summed E-state index contributed by atoms with van der Waals surface area (Å²) in [5.41, 5.74) is 8.32. The average molecular weight is 270 g/mol. The van der Waals surface area contributed by atoms with Crippen LogP contribution in [0.4, 0.5) is 5.82 Å². The summed E-state index contributed by atoms with van der Waals surface area (Å²) in [7, 11) is 4.15. The molecule has 1 rings (SSSR count). The Morgan fingerprint density at radius 1 is 1.44 bits per heavy atom. The first kappa shape index (κ1) is 15.4. The van der Waals surface area contributed by atoms with Crippen LogP contribution < -0.4 is 10.6 Å². The number of thioether (sulfide) groups is 1. The molecule has 18 heavy (non-hydrogen) atoms. The van der Waals surface area contributed by atoms with Crippen molar-refractivity contribution in [2.24, 2.45) is 12.8 Å². The molecular weight excluding hydrogens is 244 g/mol. The molecule has 104 valence electrons. The Hall–Kier alpha value is -0.680. The quantitative estimate of drug-likeness (QED) is 0.856. The Labute approximate surface area is 115 Å². The van der Waals surface area contributed by atoms with E-state index in [1.165, 1.54) is 11.4 Å². The molecule has 0 radical (unpaired) electrons. The van der Waals surface area contributed by atoms with E-state index < -0.39 is 0 Å². The molecule has 2 N–H and O–H groups in total. The molecule has 0 saturated carbocycles. The fourth-order valence-electron chi connectivity index (χ4n) is 2.25. The van der Waals surface area contributed by atoms with E-state index in [1.807, 2.05) is 30.4 Å². The summed E-state index contributed by atoms with van der Waals surface area (Å²) in [6, 6.07) is 0.650. The molecule has 0 aliphatic carbocycles. The lowest BCUT2D eigenvalue weighted by molar-refractivity contribution is 0.678. The van der Waals surface area contributed by atoms with E-state index in [0.29, 0.717) is 6.04 Å². The Balaban J connectivity index is 3.06. The van der Waals surface area contributed by atoms with Gasteiger partial charge in [-0.3, -0.25) is 4.68 Å². The van der Waals surface area contributed by atoms with Crippen molar-refractivity contribution in [1.29, 1.82) is 0 Å². The van der Waals surface area contributed by atoms with Gasteiger partial charge in [-0.25, -0.2) is 0 Å². The van der Waals surface area contributed by atoms with Gasteiger partial charge in [-0.05, 0) is 33.4 Å². The zero-order chi connectivity index (χ0) is 13.9. The van der Waals surface area contributed by atoms with Gasteiger partial charge in [-0.1, -0.05) is 0 Å². The number of aromatic nitrogens is 2. The molecule has 1 aromatic heterocycles. The van der Waals surface area contributed by atoms with E-state index in [0.717, 1.165) is 17.9 Å². The highest BCUT2D eigenvalue weighted by molar-refractivity contribution is 7.98. The van der Waals surface area contributed by atoms with Crippen molar-refractivity contribution in [3.05, 3.63) is 11.3 Å². The maximum Gasteiger partial charge on any atom is 0.130 e. The van der Waals surface area contributed by atoms with Crippen molar-refractivity contribution >= 4 is 17.6 Å². The van der Waals surface area contributed by atoms with E-state index in [9.17, 15) is 0 Å². The van der Waals surface area contributed by atoms with Crippen molar-refractivity contribution in [1.82, 2.24) is 9.78 Å². The van der Waals surface area contributed by atoms with Crippen LogP contribution in [-0.2, 0) is 13.5 Å². The largest absolute Gasteiger partial charge is 0.356 e. The van der Waals surface area contributed by atoms with Crippen LogP contribution in [0.25, 0.3) is 0 Å². The Bertz CT molecular complexity index is 387. The highest BCUT2D eigenvalue weighted by Crippen LogP contribution is 2.25. The minimum Gasteiger partial charge on any atom is -0.356 e. The van der Waals surface area contributed by atoms with Crippen LogP contribution >= 0.6 is 11.8 Å². The summed E-state index contributed by atoms with van der Waals surface area (Å²) in [6.07, 6.45) is 3.02. The van der Waals surface area contributed by atoms with E-state index in [4.69, 9.17) is 5.73 Å². The summed E-state index contributed by atoms with van der Waals surface area (Å²) in [6.45, 7) is 6.35. The molecule has 2 atom stereocenters. The average Bonchev–Trinajstić information content (AvgIpc) is 2.52. The highest BCUT2D eigenvalue weighted by Gasteiger charge is 2.20. The van der Waals surface area contributed by atoms with Gasteiger partial charge in [0.25, 0.3) is 0 Å². The monoisotopic (exact) mass is 270 g/mol. The van der Waals surface area contributed by atoms with Crippen molar-refractivity contribution in [3.63, 3.8) is 0 Å². The topological polar surface area (TPSA) is 47.1 Å². The van der Waals surface area contributed by atoms with Crippen LogP contribution in [0.2, 0.25) is 0 Å². The third-order valence-electron chi connectivity index (χ3n) is 3.24. The fraction of sp³-hybridized carbons (Fsp3) is 0.769. The summed E-state index contributed by atoms with van der Waals surface area (Å²) >= 11 is 1.87. The minimum absolute atomic E-state index is 0.163. The SMILES string of the molecule is CSCC(C)N(C)c1c(CC(C)N)c(C)nn1C. The molecule has 1 aromatic rings. The van der Waals surface area contributed by atoms with Crippen LogP contribution in [-0.4, -0.2) is 40.9 Å². The van der Waals surface area contributed by atoms with E-state index in [-0.39, 0.29) is 6.04 Å². The van der Waals surface area contributed by atoms with Gasteiger partial charge in [0.15, 0.2) is 0 Å². The van der Waals surface area contributed by atoms with Crippen molar-refractivity contribution in [2.45, 2.75) is 39.3 Å². The van der Waals surface area contributed by atoms with E-state index >= 15 is 0 Å². The summed E-state index contributed by atoms with van der Waals surface area (Å²) in [5, 5.41) is 4.54. The molecule has 0 saturated heterocycles. The van der Waals surface area contributed by atoms with Crippen molar-refractivity contribution in [2.75, 3.05) is 24.0 Å². The number of nitrogens with zero attached hydrogens (tertiary/aromatic N) is 3. The predicted molar refractivity (Wildman–Crippen MR) is 81.5 cm³/mol. The zero-order valence-electron chi connectivity index (χ0n) is 12.4. The van der Waals surface area contributed by atoms with Gasteiger partial charge < -0.3 is 10.6 Å². The van der Waals surface area contributed by atoms with Gasteiger partial charge in [-0.2, -0.15) is 16.9 Å². The van der Waals surface area contributed by atoms with Crippen LogP contribution in [0.3, 0.4) is 0 Å². The molecular formula is C13H26N4S. The molecule has 2 unspecified atom stereocenters. The lowest BCUT2D eigenvalue weighted by atomic mass is 10.1. The first-order chi connectivity index (χ1) is 8.38. The Morgan fingerprint density at radius 2 is 2.06 bits per heavy atom. The molecule has 0 amide bonds. The summed E-state index contributed by atoms with van der Waals surface area (Å²) in [4.78, 5) is 2.31. The number of hydrogen-bond donors (Lipinski definition) is 1. The lowest BCUT2D eigenvalue weighted by Gasteiger charge is -2.27. The van der Waals surface area contributed by atoms with Crippen LogP contribution in [0.1, 0.15) is 25.1 Å². The minimum atomic E-state index is 0.163. The second-order valence-corrected chi connectivity index (χ2v) is 6.02. The standard InChI is InChI=1S/C13H26N4S/c1-9(14)7-12-11(3)15-17(5)13(12)16(4)10(2)8-18-6/h9-10H,7-8,14H2,1-6H3. The number of aryl methyl sites for hydroxylation is 2. The maximum atomic E-state index is 5.95. The van der Waals surface area contributed by atoms with Gasteiger partial charge in [0.2, 0.25) is 0 Å². The Kier molecular flexibility index (Phi) is 5.53. The van der Waals surface area contributed by atoms with Gasteiger partial charge in [0.1, 0.15) is 5.82 Å². The van der Waals surface area contributed by atoms with Crippen molar-refractivity contribution in [3.8, 4) is 0 Å². The highest BCUT2D eigenvalue weighted by atomic mass is 32.2. The summed E-state index contributed by atoms with van der Waals surface area (Å²) in [5.74, 6) is 2.31. The number of rotatable bonds is 6.